The molecule has 1 N–H and O–H groups in total. The lowest BCUT2D eigenvalue weighted by atomic mass is 10.0. The van der Waals surface area contributed by atoms with Crippen molar-refractivity contribution in [1.82, 2.24) is 4.90 Å². The molecule has 0 radical (unpaired) electrons. The summed E-state index contributed by atoms with van der Waals surface area (Å²) in [5, 5.41) is 12.8. The molecule has 0 saturated carbocycles. The Labute approximate surface area is 263 Å². The number of amides is 2. The van der Waals surface area contributed by atoms with Gasteiger partial charge in [-0.05, 0) is 85.6 Å². The predicted molar refractivity (Wildman–Crippen MR) is 165 cm³/mol. The highest BCUT2D eigenvalue weighted by Crippen LogP contribution is 2.34. The number of alkyl halides is 3. The Bertz CT molecular complexity index is 1790. The van der Waals surface area contributed by atoms with Crippen molar-refractivity contribution >= 4 is 23.2 Å². The average Bonchev–Trinajstić information content (AvgIpc) is 3.03. The van der Waals surface area contributed by atoms with E-state index >= 15 is 0 Å². The van der Waals surface area contributed by atoms with Gasteiger partial charge in [0.2, 0.25) is 5.91 Å². The van der Waals surface area contributed by atoms with E-state index in [0.29, 0.717) is 52.6 Å². The number of nitrogens with one attached hydrogen (secondary N) is 1. The Balaban J connectivity index is 1.54. The van der Waals surface area contributed by atoms with Crippen LogP contribution in [0.15, 0.2) is 91.0 Å². The van der Waals surface area contributed by atoms with Crippen LogP contribution in [-0.2, 0) is 23.9 Å². The minimum Gasteiger partial charge on any atom is -0.494 e. The number of fused-ring (bicyclic) bond motifs is 1. The molecule has 2 unspecified atom stereocenters. The van der Waals surface area contributed by atoms with Gasteiger partial charge in [-0.1, -0.05) is 30.3 Å². The molecule has 0 aromatic heterocycles. The van der Waals surface area contributed by atoms with Crippen molar-refractivity contribution in [3.63, 3.8) is 0 Å². The number of benzene rings is 4. The first-order valence-corrected chi connectivity index (χ1v) is 14.6. The zero-order valence-electron chi connectivity index (χ0n) is 25.0. The highest BCUT2D eigenvalue weighted by molar-refractivity contribution is 6.12. The summed E-state index contributed by atoms with van der Waals surface area (Å²) < 4.78 is 59.5. The van der Waals surface area contributed by atoms with Crippen molar-refractivity contribution in [3.05, 3.63) is 125 Å². The van der Waals surface area contributed by atoms with Gasteiger partial charge in [0.25, 0.3) is 5.91 Å². The molecule has 4 aromatic carbocycles. The zero-order chi connectivity index (χ0) is 33.0. The smallest absolute Gasteiger partial charge is 0.419 e. The number of halogens is 4. The third-order valence-electron chi connectivity index (χ3n) is 7.76. The Morgan fingerprint density at radius 2 is 1.76 bits per heavy atom. The molecule has 2 amide bonds. The third-order valence-corrected chi connectivity index (χ3v) is 7.76. The van der Waals surface area contributed by atoms with Crippen molar-refractivity contribution in [2.45, 2.75) is 45.2 Å². The molecular weight excluding hydrogens is 600 g/mol. The summed E-state index contributed by atoms with van der Waals surface area (Å²) in [6, 6.07) is 24.4. The monoisotopic (exact) mass is 630 g/mol. The Hall–Kier alpha value is -5.37. The van der Waals surface area contributed by atoms with E-state index in [4.69, 9.17) is 4.74 Å². The van der Waals surface area contributed by atoms with Crippen molar-refractivity contribution in [2.24, 2.45) is 0 Å². The molecule has 0 fully saturated rings. The number of nitriles is 1. The van der Waals surface area contributed by atoms with Crippen molar-refractivity contribution in [1.29, 1.82) is 5.26 Å². The summed E-state index contributed by atoms with van der Waals surface area (Å²) in [7, 11) is 0. The van der Waals surface area contributed by atoms with Crippen LogP contribution in [-0.4, -0.2) is 35.5 Å². The van der Waals surface area contributed by atoms with Crippen LogP contribution in [0.4, 0.5) is 28.9 Å². The number of hydrogen-bond donors (Lipinski definition) is 1. The molecular formula is C35H30F4N4O3. The highest BCUT2D eigenvalue weighted by Gasteiger charge is 2.40. The maximum Gasteiger partial charge on any atom is 0.419 e. The fourth-order valence-corrected chi connectivity index (χ4v) is 5.50. The molecule has 4 aromatic rings. The van der Waals surface area contributed by atoms with Gasteiger partial charge in [0.05, 0.1) is 41.8 Å². The molecule has 0 saturated heterocycles. The number of hydrogen-bond acceptors (Lipinski definition) is 5. The van der Waals surface area contributed by atoms with Crippen LogP contribution in [0.2, 0.25) is 0 Å². The van der Waals surface area contributed by atoms with E-state index in [1.165, 1.54) is 4.90 Å². The van der Waals surface area contributed by atoms with Gasteiger partial charge in [0.1, 0.15) is 17.7 Å². The molecule has 0 spiro atoms. The summed E-state index contributed by atoms with van der Waals surface area (Å²) in [4.78, 5) is 31.0. The zero-order valence-corrected chi connectivity index (χ0v) is 25.0. The molecule has 0 aliphatic carbocycles. The van der Waals surface area contributed by atoms with Crippen LogP contribution in [0.25, 0.3) is 0 Å². The van der Waals surface area contributed by atoms with E-state index in [-0.39, 0.29) is 18.0 Å². The predicted octanol–water partition coefficient (Wildman–Crippen LogP) is 7.17. The molecule has 1 aliphatic rings. The van der Waals surface area contributed by atoms with Gasteiger partial charge in [-0.25, -0.2) is 4.39 Å². The van der Waals surface area contributed by atoms with Crippen LogP contribution in [0, 0.1) is 17.1 Å². The highest BCUT2D eigenvalue weighted by atomic mass is 19.4. The molecule has 1 aliphatic heterocycles. The Morgan fingerprint density at radius 3 is 2.43 bits per heavy atom. The van der Waals surface area contributed by atoms with Crippen molar-refractivity contribution in [2.75, 3.05) is 16.8 Å². The van der Waals surface area contributed by atoms with Crippen LogP contribution in [0.5, 0.6) is 5.75 Å². The molecule has 1 heterocycles. The lowest BCUT2D eigenvalue weighted by Gasteiger charge is -2.44. The van der Waals surface area contributed by atoms with Crippen LogP contribution < -0.4 is 15.0 Å². The van der Waals surface area contributed by atoms with E-state index in [0.717, 1.165) is 6.07 Å². The third kappa shape index (κ3) is 6.81. The number of rotatable bonds is 9. The average molecular weight is 631 g/mol. The van der Waals surface area contributed by atoms with Crippen LogP contribution >= 0.6 is 0 Å². The van der Waals surface area contributed by atoms with Crippen LogP contribution in [0.1, 0.15) is 46.5 Å². The maximum absolute atomic E-state index is 14.4. The summed E-state index contributed by atoms with van der Waals surface area (Å²) in [5.74, 6) is -1.68. The summed E-state index contributed by atoms with van der Waals surface area (Å²) in [5.41, 5.74) is 1.16. The largest absolute Gasteiger partial charge is 0.494 e. The van der Waals surface area contributed by atoms with E-state index < -0.39 is 42.1 Å². The van der Waals surface area contributed by atoms with Gasteiger partial charge < -0.3 is 15.0 Å². The van der Waals surface area contributed by atoms with Gasteiger partial charge in [-0.2, -0.15) is 18.4 Å². The molecule has 5 rings (SSSR count). The van der Waals surface area contributed by atoms with Crippen molar-refractivity contribution < 1.29 is 31.9 Å². The number of ether oxygens (including phenoxy) is 1. The molecule has 46 heavy (non-hydrogen) atoms. The summed E-state index contributed by atoms with van der Waals surface area (Å²) >= 11 is 0. The van der Waals surface area contributed by atoms with E-state index in [1.807, 2.05) is 6.92 Å². The topological polar surface area (TPSA) is 85.7 Å². The number of para-hydroxylation sites is 1. The van der Waals surface area contributed by atoms with E-state index in [2.05, 4.69) is 11.4 Å². The first-order valence-electron chi connectivity index (χ1n) is 14.6. The normalized spacial score (nSPS) is 14.9. The van der Waals surface area contributed by atoms with Gasteiger partial charge in [0, 0.05) is 17.9 Å². The maximum atomic E-state index is 14.4. The second-order valence-corrected chi connectivity index (χ2v) is 10.8. The SMILES string of the molecule is CCOc1ccc(N2C(=O)c3ccccc3NC2C(C)N(Cc2cccc(C#N)c2)C(=O)Cc2ccc(C(F)(F)F)c(F)c2)cc1. The lowest BCUT2D eigenvalue weighted by Crippen LogP contribution is -2.60. The van der Waals surface area contributed by atoms with Crippen molar-refractivity contribution in [3.8, 4) is 11.8 Å². The van der Waals surface area contributed by atoms with Gasteiger partial charge in [-0.15, -0.1) is 0 Å². The first kappa shape index (κ1) is 32.0. The van der Waals surface area contributed by atoms with Gasteiger partial charge >= 0.3 is 6.18 Å². The first-order chi connectivity index (χ1) is 22.0. The second kappa shape index (κ2) is 13.3. The number of carbonyl (C=O) groups is 2. The Kier molecular flexibility index (Phi) is 9.28. The van der Waals surface area contributed by atoms with Gasteiger partial charge in [0.15, 0.2) is 0 Å². The standard InChI is InChI=1S/C35H30F4N4O3/c1-3-46-27-14-12-26(13-15-27)43-33(41-31-10-5-4-9-28(31)34(43)45)22(2)42(21-25-8-6-7-24(17-25)20-40)32(44)19-23-11-16-29(30(36)18-23)35(37,38)39/h4-18,22,33,41H,3,19,21H2,1-2H3. The number of nitrogens with zero attached hydrogens (tertiary/aromatic N) is 3. The molecule has 11 heteroatoms. The molecule has 236 valence electrons. The number of anilines is 2. The molecule has 7 nitrogen and oxygen atoms in total. The second-order valence-electron chi connectivity index (χ2n) is 10.8. The minimum absolute atomic E-state index is 0.00374. The summed E-state index contributed by atoms with van der Waals surface area (Å²) in [6.45, 7) is 4.07. The fraction of sp³-hybridized carbons (Fsp3) is 0.229. The molecule has 0 bridgehead atoms. The quantitative estimate of drug-likeness (QED) is 0.198. The van der Waals surface area contributed by atoms with E-state index in [1.54, 1.807) is 84.6 Å². The molecule has 2 atom stereocenters. The van der Waals surface area contributed by atoms with Crippen LogP contribution in [0.3, 0.4) is 0 Å². The summed E-state index contributed by atoms with van der Waals surface area (Å²) in [6.07, 6.45) is -6.08. The van der Waals surface area contributed by atoms with E-state index in [9.17, 15) is 32.4 Å². The Morgan fingerprint density at radius 1 is 1.02 bits per heavy atom. The minimum atomic E-state index is -4.88. The van der Waals surface area contributed by atoms with Gasteiger partial charge in [-0.3, -0.25) is 14.5 Å². The number of carbonyl (C=O) groups excluding carboxylic acids is 2. The lowest BCUT2D eigenvalue weighted by molar-refractivity contribution is -0.140. The fourth-order valence-electron chi connectivity index (χ4n) is 5.50.